The molecule has 2 aromatic heterocycles. The van der Waals surface area contributed by atoms with E-state index in [1.807, 2.05) is 35.7 Å². The van der Waals surface area contributed by atoms with Crippen LogP contribution in [0.3, 0.4) is 0 Å². The fourth-order valence-electron chi connectivity index (χ4n) is 3.24. The van der Waals surface area contributed by atoms with E-state index in [1.165, 1.54) is 0 Å². The van der Waals surface area contributed by atoms with Gasteiger partial charge < -0.3 is 14.8 Å². The highest BCUT2D eigenvalue weighted by Gasteiger charge is 2.30. The Morgan fingerprint density at radius 3 is 3.04 bits per heavy atom. The topological polar surface area (TPSA) is 75.9 Å². The van der Waals surface area contributed by atoms with Crippen molar-refractivity contribution in [1.82, 2.24) is 24.4 Å². The Labute approximate surface area is 142 Å². The summed E-state index contributed by atoms with van der Waals surface area (Å²) in [5, 5.41) is 3.06. The Bertz CT molecular complexity index is 684. The highest BCUT2D eigenvalue weighted by molar-refractivity contribution is 5.77. The lowest BCUT2D eigenvalue weighted by atomic mass is 10.1. The maximum absolute atomic E-state index is 12.6. The van der Waals surface area contributed by atoms with Gasteiger partial charge in [0.15, 0.2) is 0 Å². The lowest BCUT2D eigenvalue weighted by molar-refractivity contribution is -0.132. The fraction of sp³-hybridized carbons (Fsp3) is 0.529. The molecule has 0 aliphatic carbocycles. The van der Waals surface area contributed by atoms with Crippen LogP contribution in [0, 0.1) is 6.92 Å². The van der Waals surface area contributed by atoms with Crippen molar-refractivity contribution in [3.63, 3.8) is 0 Å². The summed E-state index contributed by atoms with van der Waals surface area (Å²) in [5.41, 5.74) is 0.937. The van der Waals surface area contributed by atoms with Gasteiger partial charge in [-0.25, -0.2) is 15.0 Å². The number of anilines is 1. The number of carbonyl (C=O) groups is 1. The Hall–Kier alpha value is -2.44. The first-order chi connectivity index (χ1) is 11.7. The number of aromatic nitrogens is 4. The molecule has 0 spiro atoms. The molecular weight excluding hydrogens is 304 g/mol. The molecule has 1 fully saturated rings. The molecule has 0 radical (unpaired) electrons. The van der Waals surface area contributed by atoms with Gasteiger partial charge in [-0.05, 0) is 26.2 Å². The van der Waals surface area contributed by atoms with Crippen molar-refractivity contribution < 1.29 is 4.79 Å². The van der Waals surface area contributed by atoms with Crippen molar-refractivity contribution in [3.8, 4) is 0 Å². The quantitative estimate of drug-likeness (QED) is 0.879. The maximum Gasteiger partial charge on any atom is 0.223 e. The summed E-state index contributed by atoms with van der Waals surface area (Å²) in [6.45, 7) is 3.52. The van der Waals surface area contributed by atoms with E-state index in [0.717, 1.165) is 49.7 Å². The molecule has 128 valence electrons. The summed E-state index contributed by atoms with van der Waals surface area (Å²) in [5.74, 6) is 1.74. The molecule has 0 unspecified atom stereocenters. The normalized spacial score (nSPS) is 17.2. The maximum atomic E-state index is 12.6. The molecule has 3 rings (SSSR count). The molecule has 0 bridgehead atoms. The molecule has 1 atom stereocenters. The van der Waals surface area contributed by atoms with Crippen molar-refractivity contribution in [2.45, 2.75) is 45.2 Å². The van der Waals surface area contributed by atoms with Gasteiger partial charge in [0.1, 0.15) is 11.6 Å². The summed E-state index contributed by atoms with van der Waals surface area (Å²) in [6, 6.07) is 2.02. The first kappa shape index (κ1) is 16.4. The molecule has 1 aliphatic rings. The standard InChI is InChI=1S/C17H24N6O/c1-13-20-14(11-16(18-2)21-13)15-5-3-9-23(15)17(24)6-4-8-22-10-7-19-12-22/h7,10-12,15H,3-6,8-9H2,1-2H3,(H,18,20,21)/t15-/m1/s1. The van der Waals surface area contributed by atoms with Gasteiger partial charge in [-0.15, -0.1) is 0 Å². The van der Waals surface area contributed by atoms with Crippen LogP contribution < -0.4 is 5.32 Å². The zero-order valence-corrected chi connectivity index (χ0v) is 14.3. The number of amides is 1. The van der Waals surface area contributed by atoms with Crippen molar-refractivity contribution in [1.29, 1.82) is 0 Å². The fourth-order valence-corrected chi connectivity index (χ4v) is 3.24. The van der Waals surface area contributed by atoms with Gasteiger partial charge in [-0.2, -0.15) is 0 Å². The van der Waals surface area contributed by atoms with Crippen molar-refractivity contribution >= 4 is 11.7 Å². The third kappa shape index (κ3) is 3.72. The zero-order chi connectivity index (χ0) is 16.9. The lowest BCUT2D eigenvalue weighted by Gasteiger charge is -2.25. The molecule has 3 heterocycles. The zero-order valence-electron chi connectivity index (χ0n) is 14.3. The van der Waals surface area contributed by atoms with E-state index in [-0.39, 0.29) is 11.9 Å². The number of nitrogens with zero attached hydrogens (tertiary/aromatic N) is 5. The lowest BCUT2D eigenvalue weighted by Crippen LogP contribution is -2.31. The minimum atomic E-state index is 0.0690. The van der Waals surface area contributed by atoms with Crippen LogP contribution in [0.4, 0.5) is 5.82 Å². The second-order valence-electron chi connectivity index (χ2n) is 6.12. The number of carbonyl (C=O) groups excluding carboxylic acids is 1. The SMILES string of the molecule is CNc1cc([C@H]2CCCN2C(=O)CCCn2ccnc2)nc(C)n1. The summed E-state index contributed by atoms with van der Waals surface area (Å²) < 4.78 is 2.00. The smallest absolute Gasteiger partial charge is 0.223 e. The average Bonchev–Trinajstić information content (AvgIpc) is 3.25. The number of nitrogens with one attached hydrogen (secondary N) is 1. The minimum Gasteiger partial charge on any atom is -0.373 e. The van der Waals surface area contributed by atoms with Crippen LogP contribution in [-0.4, -0.2) is 43.9 Å². The highest BCUT2D eigenvalue weighted by Crippen LogP contribution is 2.32. The molecule has 1 N–H and O–H groups in total. The van der Waals surface area contributed by atoms with Crippen LogP contribution in [0.5, 0.6) is 0 Å². The number of imidazole rings is 1. The van der Waals surface area contributed by atoms with Gasteiger partial charge in [-0.3, -0.25) is 4.79 Å². The van der Waals surface area contributed by atoms with Gasteiger partial charge in [0.25, 0.3) is 0 Å². The molecule has 24 heavy (non-hydrogen) atoms. The largest absolute Gasteiger partial charge is 0.373 e. The van der Waals surface area contributed by atoms with Gasteiger partial charge in [-0.1, -0.05) is 0 Å². The van der Waals surface area contributed by atoms with Crippen molar-refractivity contribution in [3.05, 3.63) is 36.3 Å². The average molecular weight is 328 g/mol. The molecule has 0 saturated carbocycles. The Morgan fingerprint density at radius 2 is 2.29 bits per heavy atom. The first-order valence-electron chi connectivity index (χ1n) is 8.46. The summed E-state index contributed by atoms with van der Waals surface area (Å²) in [4.78, 5) is 27.5. The van der Waals surface area contributed by atoms with Crippen LogP contribution in [-0.2, 0) is 11.3 Å². The van der Waals surface area contributed by atoms with E-state index in [2.05, 4.69) is 20.3 Å². The first-order valence-corrected chi connectivity index (χ1v) is 8.46. The van der Waals surface area contributed by atoms with Gasteiger partial charge >= 0.3 is 0 Å². The van der Waals surface area contributed by atoms with Crippen LogP contribution in [0.25, 0.3) is 0 Å². The van der Waals surface area contributed by atoms with E-state index in [9.17, 15) is 4.79 Å². The third-order valence-electron chi connectivity index (χ3n) is 4.39. The number of hydrogen-bond acceptors (Lipinski definition) is 5. The molecule has 7 heteroatoms. The van der Waals surface area contributed by atoms with E-state index in [0.29, 0.717) is 6.42 Å². The monoisotopic (exact) mass is 328 g/mol. The van der Waals surface area contributed by atoms with E-state index >= 15 is 0 Å². The second kappa shape index (κ2) is 7.42. The van der Waals surface area contributed by atoms with Crippen LogP contribution in [0.15, 0.2) is 24.8 Å². The molecule has 1 aliphatic heterocycles. The number of likely N-dealkylation sites (tertiary alicyclic amines) is 1. The Balaban J connectivity index is 1.64. The van der Waals surface area contributed by atoms with Crippen LogP contribution >= 0.6 is 0 Å². The van der Waals surface area contributed by atoms with Crippen LogP contribution in [0.1, 0.15) is 43.2 Å². The summed E-state index contributed by atoms with van der Waals surface area (Å²) >= 11 is 0. The van der Waals surface area contributed by atoms with E-state index in [1.54, 1.807) is 12.5 Å². The number of rotatable bonds is 6. The Kier molecular flexibility index (Phi) is 5.08. The van der Waals surface area contributed by atoms with Gasteiger partial charge in [0, 0.05) is 45.0 Å². The number of aryl methyl sites for hydroxylation is 2. The predicted molar refractivity (Wildman–Crippen MR) is 91.5 cm³/mol. The summed E-state index contributed by atoms with van der Waals surface area (Å²) in [7, 11) is 1.85. The molecule has 0 aromatic carbocycles. The molecule has 1 saturated heterocycles. The van der Waals surface area contributed by atoms with E-state index < -0.39 is 0 Å². The van der Waals surface area contributed by atoms with E-state index in [4.69, 9.17) is 0 Å². The highest BCUT2D eigenvalue weighted by atomic mass is 16.2. The molecule has 2 aromatic rings. The molecular formula is C17H24N6O. The number of hydrogen-bond donors (Lipinski definition) is 1. The minimum absolute atomic E-state index is 0.0690. The van der Waals surface area contributed by atoms with Gasteiger partial charge in [0.2, 0.25) is 5.91 Å². The Morgan fingerprint density at radius 1 is 1.42 bits per heavy atom. The van der Waals surface area contributed by atoms with Gasteiger partial charge in [0.05, 0.1) is 18.1 Å². The van der Waals surface area contributed by atoms with Crippen molar-refractivity contribution in [2.24, 2.45) is 0 Å². The van der Waals surface area contributed by atoms with Crippen LogP contribution in [0.2, 0.25) is 0 Å². The molecule has 1 amide bonds. The van der Waals surface area contributed by atoms with Crippen molar-refractivity contribution in [2.75, 3.05) is 18.9 Å². The molecule has 7 nitrogen and oxygen atoms in total. The third-order valence-corrected chi connectivity index (χ3v) is 4.39. The summed E-state index contributed by atoms with van der Waals surface area (Å²) in [6.07, 6.45) is 8.83. The second-order valence-corrected chi connectivity index (χ2v) is 6.12. The predicted octanol–water partition coefficient (Wildman–Crippen LogP) is 2.17.